The van der Waals surface area contributed by atoms with E-state index in [9.17, 15) is 9.90 Å². The van der Waals surface area contributed by atoms with Crippen LogP contribution >= 0.6 is 0 Å². The van der Waals surface area contributed by atoms with Gasteiger partial charge in [0.2, 0.25) is 0 Å². The lowest BCUT2D eigenvalue weighted by molar-refractivity contribution is -0.146. The van der Waals surface area contributed by atoms with Gasteiger partial charge in [-0.3, -0.25) is 9.69 Å². The van der Waals surface area contributed by atoms with Crippen LogP contribution in [0.5, 0.6) is 0 Å². The van der Waals surface area contributed by atoms with E-state index in [1.54, 1.807) is 0 Å². The van der Waals surface area contributed by atoms with Crippen LogP contribution in [0.25, 0.3) is 0 Å². The van der Waals surface area contributed by atoms with Crippen LogP contribution in [0.1, 0.15) is 45.4 Å². The van der Waals surface area contributed by atoms with E-state index in [0.29, 0.717) is 12.0 Å². The van der Waals surface area contributed by atoms with Crippen molar-refractivity contribution in [3.63, 3.8) is 0 Å². The summed E-state index contributed by atoms with van der Waals surface area (Å²) in [6, 6.07) is 0.181. The van der Waals surface area contributed by atoms with Crippen LogP contribution in [0.4, 0.5) is 0 Å². The lowest BCUT2D eigenvalue weighted by atomic mass is 9.76. The maximum Gasteiger partial charge on any atom is 0.308 e. The third kappa shape index (κ3) is 3.69. The zero-order chi connectivity index (χ0) is 13.8. The van der Waals surface area contributed by atoms with Crippen molar-refractivity contribution in [2.75, 3.05) is 20.2 Å². The van der Waals surface area contributed by atoms with Crippen LogP contribution in [0, 0.1) is 11.8 Å². The summed E-state index contributed by atoms with van der Waals surface area (Å²) in [5.41, 5.74) is 0. The molecule has 0 aromatic heterocycles. The van der Waals surface area contributed by atoms with Gasteiger partial charge < -0.3 is 9.84 Å². The maximum absolute atomic E-state index is 11.4. The van der Waals surface area contributed by atoms with Crippen LogP contribution in [-0.4, -0.2) is 48.3 Å². The average Bonchev–Trinajstić information content (AvgIpc) is 2.90. The maximum atomic E-state index is 11.4. The molecular formula is C15H27NO3. The Morgan fingerprint density at radius 3 is 2.74 bits per heavy atom. The molecule has 19 heavy (non-hydrogen) atoms. The summed E-state index contributed by atoms with van der Waals surface area (Å²) in [6.07, 6.45) is 6.65. The Hall–Kier alpha value is -0.610. The van der Waals surface area contributed by atoms with Crippen molar-refractivity contribution in [3.8, 4) is 0 Å². The molecule has 0 aromatic rings. The lowest BCUT2D eigenvalue weighted by Gasteiger charge is -2.40. The summed E-state index contributed by atoms with van der Waals surface area (Å²) in [6.45, 7) is 3.96. The largest absolute Gasteiger partial charge is 0.481 e. The molecule has 4 nitrogen and oxygen atoms in total. The van der Waals surface area contributed by atoms with Crippen LogP contribution in [-0.2, 0) is 9.53 Å². The minimum atomic E-state index is -0.626. The van der Waals surface area contributed by atoms with E-state index < -0.39 is 5.97 Å². The van der Waals surface area contributed by atoms with E-state index in [0.717, 1.165) is 51.7 Å². The van der Waals surface area contributed by atoms with E-state index in [4.69, 9.17) is 4.74 Å². The number of hydrogen-bond acceptors (Lipinski definition) is 3. The fraction of sp³-hybridized carbons (Fsp3) is 0.933. The number of ether oxygens (including phenoxy) is 1. The predicted molar refractivity (Wildman–Crippen MR) is 74.1 cm³/mol. The smallest absolute Gasteiger partial charge is 0.308 e. The van der Waals surface area contributed by atoms with E-state index >= 15 is 0 Å². The highest BCUT2D eigenvalue weighted by molar-refractivity contribution is 5.71. The number of carbonyl (C=O) groups is 1. The molecule has 1 N–H and O–H groups in total. The highest BCUT2D eigenvalue weighted by Gasteiger charge is 2.37. The molecule has 1 heterocycles. The van der Waals surface area contributed by atoms with Crippen molar-refractivity contribution in [1.82, 2.24) is 4.90 Å². The highest BCUT2D eigenvalue weighted by Crippen LogP contribution is 2.34. The average molecular weight is 269 g/mol. The zero-order valence-corrected chi connectivity index (χ0v) is 12.2. The zero-order valence-electron chi connectivity index (χ0n) is 12.2. The van der Waals surface area contributed by atoms with Crippen molar-refractivity contribution in [2.24, 2.45) is 11.8 Å². The summed E-state index contributed by atoms with van der Waals surface area (Å²) in [7, 11) is 2.07. The van der Waals surface area contributed by atoms with Gasteiger partial charge in [-0.1, -0.05) is 13.3 Å². The second-order valence-electron chi connectivity index (χ2n) is 6.17. The first-order chi connectivity index (χ1) is 9.11. The Labute approximate surface area is 116 Å². The van der Waals surface area contributed by atoms with Gasteiger partial charge in [-0.2, -0.15) is 0 Å². The molecule has 0 radical (unpaired) electrons. The van der Waals surface area contributed by atoms with Crippen LogP contribution < -0.4 is 0 Å². The second-order valence-corrected chi connectivity index (χ2v) is 6.17. The lowest BCUT2D eigenvalue weighted by Crippen LogP contribution is -2.47. The van der Waals surface area contributed by atoms with Gasteiger partial charge in [-0.15, -0.1) is 0 Å². The number of aliphatic carboxylic acids is 1. The van der Waals surface area contributed by atoms with Crippen LogP contribution in [0.2, 0.25) is 0 Å². The molecule has 0 spiro atoms. The molecule has 2 fully saturated rings. The number of rotatable bonds is 5. The van der Waals surface area contributed by atoms with E-state index in [1.165, 1.54) is 0 Å². The fourth-order valence-corrected chi connectivity index (χ4v) is 3.62. The standard InChI is InChI=1S/C15H27NO3/c1-3-11-6-7-13(15(17)18)14(9-11)16(2)10-12-5-4-8-19-12/h11-14H,3-10H2,1-2H3,(H,17,18). The SMILES string of the molecule is CCC1CCC(C(=O)O)C(N(C)CC2CCCO2)C1. The Kier molecular flexibility index (Phi) is 5.22. The fourth-order valence-electron chi connectivity index (χ4n) is 3.62. The molecule has 2 aliphatic rings. The molecular weight excluding hydrogens is 242 g/mol. The third-order valence-electron chi connectivity index (χ3n) is 4.90. The molecule has 1 saturated heterocycles. The van der Waals surface area contributed by atoms with Gasteiger partial charge in [0.05, 0.1) is 12.0 Å². The first-order valence-electron chi connectivity index (χ1n) is 7.66. The van der Waals surface area contributed by atoms with Crippen molar-refractivity contribution in [1.29, 1.82) is 0 Å². The third-order valence-corrected chi connectivity index (χ3v) is 4.90. The number of carboxylic acid groups (broad SMARTS) is 1. The van der Waals surface area contributed by atoms with Crippen molar-refractivity contribution >= 4 is 5.97 Å². The minimum absolute atomic E-state index is 0.181. The molecule has 1 aliphatic heterocycles. The van der Waals surface area contributed by atoms with E-state index in [-0.39, 0.29) is 12.0 Å². The number of likely N-dealkylation sites (N-methyl/N-ethyl adjacent to an activating group) is 1. The molecule has 2 rings (SSSR count). The van der Waals surface area contributed by atoms with Crippen LogP contribution in [0.3, 0.4) is 0 Å². The van der Waals surface area contributed by atoms with Gasteiger partial charge in [-0.05, 0) is 45.1 Å². The number of hydrogen-bond donors (Lipinski definition) is 1. The van der Waals surface area contributed by atoms with Gasteiger partial charge in [0.1, 0.15) is 0 Å². The van der Waals surface area contributed by atoms with Gasteiger partial charge >= 0.3 is 5.97 Å². The topological polar surface area (TPSA) is 49.8 Å². The molecule has 1 saturated carbocycles. The molecule has 4 unspecified atom stereocenters. The predicted octanol–water partition coefficient (Wildman–Crippen LogP) is 2.38. The number of nitrogens with zero attached hydrogens (tertiary/aromatic N) is 1. The van der Waals surface area contributed by atoms with Gasteiger partial charge in [0.25, 0.3) is 0 Å². The first kappa shape index (κ1) is 14.8. The monoisotopic (exact) mass is 269 g/mol. The highest BCUT2D eigenvalue weighted by atomic mass is 16.5. The molecule has 4 heteroatoms. The summed E-state index contributed by atoms with van der Waals surface area (Å²) in [5, 5.41) is 9.42. The summed E-state index contributed by atoms with van der Waals surface area (Å²) in [4.78, 5) is 13.7. The Bertz CT molecular complexity index is 302. The summed E-state index contributed by atoms with van der Waals surface area (Å²) < 4.78 is 5.67. The minimum Gasteiger partial charge on any atom is -0.481 e. The molecule has 110 valence electrons. The van der Waals surface area contributed by atoms with Crippen molar-refractivity contribution in [3.05, 3.63) is 0 Å². The number of carboxylic acids is 1. The summed E-state index contributed by atoms with van der Waals surface area (Å²) in [5.74, 6) is -0.138. The van der Waals surface area contributed by atoms with Crippen LogP contribution in [0.15, 0.2) is 0 Å². The van der Waals surface area contributed by atoms with E-state index in [1.807, 2.05) is 0 Å². The van der Waals surface area contributed by atoms with Gasteiger partial charge in [0.15, 0.2) is 0 Å². The summed E-state index contributed by atoms with van der Waals surface area (Å²) >= 11 is 0. The molecule has 0 bridgehead atoms. The Morgan fingerprint density at radius 2 is 2.16 bits per heavy atom. The van der Waals surface area contributed by atoms with Gasteiger partial charge in [0, 0.05) is 19.2 Å². The van der Waals surface area contributed by atoms with Gasteiger partial charge in [-0.25, -0.2) is 0 Å². The van der Waals surface area contributed by atoms with E-state index in [2.05, 4.69) is 18.9 Å². The van der Waals surface area contributed by atoms with Crippen molar-refractivity contribution < 1.29 is 14.6 Å². The molecule has 1 aliphatic carbocycles. The molecule has 0 amide bonds. The Morgan fingerprint density at radius 1 is 1.37 bits per heavy atom. The first-order valence-corrected chi connectivity index (χ1v) is 7.66. The normalized spacial score (nSPS) is 35.7. The molecule has 0 aromatic carbocycles. The Balaban J connectivity index is 1.96. The van der Waals surface area contributed by atoms with Crippen molar-refractivity contribution in [2.45, 2.75) is 57.6 Å². The molecule has 4 atom stereocenters. The quantitative estimate of drug-likeness (QED) is 0.832. The second kappa shape index (κ2) is 6.71.